The first-order valence-electron chi connectivity index (χ1n) is 7.44. The van der Waals surface area contributed by atoms with Gasteiger partial charge in [0.15, 0.2) is 11.5 Å². The Morgan fingerprint density at radius 3 is 2.30 bits per heavy atom. The normalized spacial score (nSPS) is 12.5. The molecule has 4 nitrogen and oxygen atoms in total. The van der Waals surface area contributed by atoms with Crippen LogP contribution in [0.15, 0.2) is 18.2 Å². The summed E-state index contributed by atoms with van der Waals surface area (Å²) in [4.78, 5) is 0. The number of benzene rings is 1. The minimum Gasteiger partial charge on any atom is -0.490 e. The summed E-state index contributed by atoms with van der Waals surface area (Å²) in [6, 6.07) is 6.40. The Morgan fingerprint density at radius 2 is 1.75 bits per heavy atom. The maximum Gasteiger partial charge on any atom is 0.161 e. The molecule has 0 heterocycles. The molecule has 1 rings (SSSR count). The maximum absolute atomic E-state index is 5.77. The highest BCUT2D eigenvalue weighted by molar-refractivity contribution is 5.43. The monoisotopic (exact) mass is 280 g/mol. The van der Waals surface area contributed by atoms with E-state index in [2.05, 4.69) is 25.2 Å². The SMILES string of the molecule is CCOc1ccc(CNC(CN)C(C)C)cc1OCC. The van der Waals surface area contributed by atoms with Gasteiger partial charge in [0.25, 0.3) is 0 Å². The van der Waals surface area contributed by atoms with E-state index in [0.29, 0.717) is 31.7 Å². The molecule has 20 heavy (non-hydrogen) atoms. The molecule has 0 saturated carbocycles. The summed E-state index contributed by atoms with van der Waals surface area (Å²) in [7, 11) is 0. The van der Waals surface area contributed by atoms with E-state index >= 15 is 0 Å². The molecule has 0 aromatic heterocycles. The van der Waals surface area contributed by atoms with Gasteiger partial charge in [0, 0.05) is 19.1 Å². The van der Waals surface area contributed by atoms with E-state index < -0.39 is 0 Å². The van der Waals surface area contributed by atoms with Crippen molar-refractivity contribution >= 4 is 0 Å². The van der Waals surface area contributed by atoms with E-state index in [0.717, 1.165) is 18.0 Å². The Labute approximate surface area is 122 Å². The van der Waals surface area contributed by atoms with Gasteiger partial charge in [0.1, 0.15) is 0 Å². The van der Waals surface area contributed by atoms with Gasteiger partial charge >= 0.3 is 0 Å². The molecule has 0 spiro atoms. The minimum atomic E-state index is 0.331. The van der Waals surface area contributed by atoms with Crippen LogP contribution in [0.3, 0.4) is 0 Å². The number of hydrogen-bond donors (Lipinski definition) is 2. The first-order chi connectivity index (χ1) is 9.62. The molecule has 114 valence electrons. The molecule has 3 N–H and O–H groups in total. The van der Waals surface area contributed by atoms with Crippen LogP contribution in [0.5, 0.6) is 11.5 Å². The Bertz CT molecular complexity index is 394. The summed E-state index contributed by atoms with van der Waals surface area (Å²) >= 11 is 0. The first kappa shape index (κ1) is 16.8. The predicted molar refractivity (Wildman–Crippen MR) is 83.3 cm³/mol. The van der Waals surface area contributed by atoms with Gasteiger partial charge in [0.2, 0.25) is 0 Å². The zero-order valence-corrected chi connectivity index (χ0v) is 13.1. The zero-order chi connectivity index (χ0) is 15.0. The first-order valence-corrected chi connectivity index (χ1v) is 7.44. The minimum absolute atomic E-state index is 0.331. The Kier molecular flexibility index (Phi) is 7.41. The number of ether oxygens (including phenoxy) is 2. The fraction of sp³-hybridized carbons (Fsp3) is 0.625. The molecule has 0 saturated heterocycles. The summed E-state index contributed by atoms with van der Waals surface area (Å²) in [6.45, 7) is 11.0. The van der Waals surface area contributed by atoms with Gasteiger partial charge in [-0.3, -0.25) is 0 Å². The lowest BCUT2D eigenvalue weighted by molar-refractivity contribution is 0.287. The van der Waals surface area contributed by atoms with Gasteiger partial charge in [-0.1, -0.05) is 19.9 Å². The van der Waals surface area contributed by atoms with E-state index in [1.54, 1.807) is 0 Å². The van der Waals surface area contributed by atoms with Gasteiger partial charge in [-0.25, -0.2) is 0 Å². The lowest BCUT2D eigenvalue weighted by Crippen LogP contribution is -2.39. The highest BCUT2D eigenvalue weighted by Crippen LogP contribution is 2.28. The number of rotatable bonds is 9. The molecule has 0 bridgehead atoms. The van der Waals surface area contributed by atoms with E-state index in [1.807, 2.05) is 26.0 Å². The van der Waals surface area contributed by atoms with Crippen molar-refractivity contribution in [2.45, 2.75) is 40.3 Å². The smallest absolute Gasteiger partial charge is 0.161 e. The van der Waals surface area contributed by atoms with Crippen LogP contribution in [-0.2, 0) is 6.54 Å². The molecule has 0 fully saturated rings. The molecule has 1 unspecified atom stereocenters. The Morgan fingerprint density at radius 1 is 1.10 bits per heavy atom. The second-order valence-electron chi connectivity index (χ2n) is 5.11. The molecule has 4 heteroatoms. The van der Waals surface area contributed by atoms with Gasteiger partial charge < -0.3 is 20.5 Å². The third-order valence-electron chi connectivity index (χ3n) is 3.23. The third-order valence-corrected chi connectivity index (χ3v) is 3.23. The third kappa shape index (κ3) is 5.02. The summed E-state index contributed by atoms with van der Waals surface area (Å²) < 4.78 is 11.2. The van der Waals surface area contributed by atoms with Gasteiger partial charge in [-0.15, -0.1) is 0 Å². The van der Waals surface area contributed by atoms with Crippen LogP contribution in [0.1, 0.15) is 33.3 Å². The topological polar surface area (TPSA) is 56.5 Å². The number of nitrogens with one attached hydrogen (secondary N) is 1. The molecule has 1 aromatic rings. The Balaban J connectivity index is 2.73. The second kappa shape index (κ2) is 8.82. The van der Waals surface area contributed by atoms with Crippen molar-refractivity contribution in [3.05, 3.63) is 23.8 Å². The molecule has 0 aliphatic heterocycles. The van der Waals surface area contributed by atoms with E-state index in [1.165, 1.54) is 5.56 Å². The summed E-state index contributed by atoms with van der Waals surface area (Å²) in [5, 5.41) is 3.48. The number of hydrogen-bond acceptors (Lipinski definition) is 4. The van der Waals surface area contributed by atoms with E-state index in [-0.39, 0.29) is 0 Å². The Hall–Kier alpha value is -1.26. The van der Waals surface area contributed by atoms with Crippen LogP contribution >= 0.6 is 0 Å². The lowest BCUT2D eigenvalue weighted by atomic mass is 10.0. The molecule has 0 amide bonds. The van der Waals surface area contributed by atoms with Crippen LogP contribution in [0.25, 0.3) is 0 Å². The number of nitrogens with two attached hydrogens (primary N) is 1. The molecule has 1 atom stereocenters. The van der Waals surface area contributed by atoms with Gasteiger partial charge in [-0.05, 0) is 37.5 Å². The van der Waals surface area contributed by atoms with Crippen LogP contribution < -0.4 is 20.5 Å². The molecular formula is C16H28N2O2. The second-order valence-corrected chi connectivity index (χ2v) is 5.11. The lowest BCUT2D eigenvalue weighted by Gasteiger charge is -2.21. The van der Waals surface area contributed by atoms with Crippen molar-refractivity contribution in [2.75, 3.05) is 19.8 Å². The van der Waals surface area contributed by atoms with Gasteiger partial charge in [-0.2, -0.15) is 0 Å². The van der Waals surface area contributed by atoms with Gasteiger partial charge in [0.05, 0.1) is 13.2 Å². The van der Waals surface area contributed by atoms with Crippen molar-refractivity contribution in [1.29, 1.82) is 0 Å². The van der Waals surface area contributed by atoms with E-state index in [9.17, 15) is 0 Å². The summed E-state index contributed by atoms with van der Waals surface area (Å²) in [6.07, 6.45) is 0. The fourth-order valence-corrected chi connectivity index (χ4v) is 2.05. The molecule has 0 aliphatic rings. The van der Waals surface area contributed by atoms with Crippen LogP contribution in [0.4, 0.5) is 0 Å². The zero-order valence-electron chi connectivity index (χ0n) is 13.1. The van der Waals surface area contributed by atoms with Crippen LogP contribution in [-0.4, -0.2) is 25.8 Å². The van der Waals surface area contributed by atoms with Crippen molar-refractivity contribution in [3.8, 4) is 11.5 Å². The standard InChI is InChI=1S/C16H28N2O2/c1-5-19-15-8-7-13(9-16(15)20-6-2)11-18-14(10-17)12(3)4/h7-9,12,14,18H,5-6,10-11,17H2,1-4H3. The average molecular weight is 280 g/mol. The van der Waals surface area contributed by atoms with E-state index in [4.69, 9.17) is 15.2 Å². The maximum atomic E-state index is 5.77. The predicted octanol–water partition coefficient (Wildman–Crippen LogP) is 2.56. The van der Waals surface area contributed by atoms with Crippen molar-refractivity contribution in [1.82, 2.24) is 5.32 Å². The summed E-state index contributed by atoms with van der Waals surface area (Å²) in [5.41, 5.74) is 6.95. The van der Waals surface area contributed by atoms with Crippen molar-refractivity contribution in [3.63, 3.8) is 0 Å². The average Bonchev–Trinajstić information content (AvgIpc) is 2.42. The quantitative estimate of drug-likeness (QED) is 0.730. The van der Waals surface area contributed by atoms with Crippen LogP contribution in [0.2, 0.25) is 0 Å². The highest BCUT2D eigenvalue weighted by Gasteiger charge is 2.11. The summed E-state index contributed by atoms with van der Waals surface area (Å²) in [5.74, 6) is 2.13. The largest absolute Gasteiger partial charge is 0.490 e. The highest BCUT2D eigenvalue weighted by atomic mass is 16.5. The molecule has 0 radical (unpaired) electrons. The van der Waals surface area contributed by atoms with Crippen LogP contribution in [0, 0.1) is 5.92 Å². The molecule has 0 aliphatic carbocycles. The van der Waals surface area contributed by atoms with Crippen molar-refractivity contribution < 1.29 is 9.47 Å². The van der Waals surface area contributed by atoms with Crippen molar-refractivity contribution in [2.24, 2.45) is 11.7 Å². The fourth-order valence-electron chi connectivity index (χ4n) is 2.05. The molecule has 1 aromatic carbocycles. The molecular weight excluding hydrogens is 252 g/mol.